The third-order valence-corrected chi connectivity index (χ3v) is 0.773. The van der Waals surface area contributed by atoms with Crippen LogP contribution in [0.2, 0.25) is 0 Å². The van der Waals surface area contributed by atoms with E-state index in [4.69, 9.17) is 10.7 Å². The minimum Gasteiger partial charge on any atom is -0.283 e. The van der Waals surface area contributed by atoms with Gasteiger partial charge < -0.3 is 0 Å². The van der Waals surface area contributed by atoms with Gasteiger partial charge in [-0.2, -0.15) is 5.50 Å². The Labute approximate surface area is 37.9 Å². The molecule has 0 spiro atoms. The van der Waals surface area contributed by atoms with Crippen LogP contribution in [-0.4, -0.2) is 18.5 Å². The zero-order valence-electron chi connectivity index (χ0n) is 3.97. The fourth-order valence-electron chi connectivity index (χ4n) is 0. The van der Waals surface area contributed by atoms with Crippen LogP contribution in [0.15, 0.2) is 0 Å². The Hall–Kier alpha value is 0.310. The van der Waals surface area contributed by atoms with Crippen LogP contribution < -0.4 is 10.8 Å². The maximum Gasteiger partial charge on any atom is 0.166 e. The summed E-state index contributed by atoms with van der Waals surface area (Å²) in [6.07, 6.45) is 0. The van der Waals surface area contributed by atoms with Gasteiger partial charge in [0, 0.05) is 0 Å². The van der Waals surface area contributed by atoms with Crippen molar-refractivity contribution in [2.24, 2.45) is 5.50 Å². The molecule has 0 bridgehead atoms. The summed E-state index contributed by atoms with van der Waals surface area (Å²) in [5.41, 5.74) is 5.28. The highest BCUT2D eigenvalue weighted by Gasteiger charge is 2.14. The van der Waals surface area contributed by atoms with E-state index < -0.39 is 7.56 Å². The fourth-order valence-corrected chi connectivity index (χ4v) is 0. The average molecular weight is 109 g/mol. The van der Waals surface area contributed by atoms with Crippen LogP contribution in [0.3, 0.4) is 0 Å². The van der Waals surface area contributed by atoms with Gasteiger partial charge in [0.1, 0.15) is 0 Å². The summed E-state index contributed by atoms with van der Waals surface area (Å²) >= 11 is 0. The number of nitrogens with one attached hydrogen (secondary N) is 1. The molecule has 4 heteroatoms. The van der Waals surface area contributed by atoms with Gasteiger partial charge >= 0.3 is 0 Å². The van der Waals surface area contributed by atoms with Crippen LogP contribution in [-0.2, 0) is 0 Å². The van der Waals surface area contributed by atoms with Crippen molar-refractivity contribution in [3.8, 4) is 0 Å². The van der Waals surface area contributed by atoms with E-state index in [1.165, 1.54) is 0 Å². The zero-order chi connectivity index (χ0) is 5.21. The quantitative estimate of drug-likeness (QED) is 0.329. The standard InChI is InChI=1S/C2H10N2OP/c1-6(2,3)4-5/h4-5H,3H2,1-2H3/q+1. The summed E-state index contributed by atoms with van der Waals surface area (Å²) in [4.78, 5) is 0. The van der Waals surface area contributed by atoms with Gasteiger partial charge in [0.05, 0.1) is 13.3 Å². The van der Waals surface area contributed by atoms with Gasteiger partial charge in [-0.3, -0.25) is 5.21 Å². The highest BCUT2D eigenvalue weighted by molar-refractivity contribution is 7.70. The topological polar surface area (TPSA) is 58.3 Å². The second-order valence-corrected chi connectivity index (χ2v) is 4.92. The third kappa shape index (κ3) is 4.31. The van der Waals surface area contributed by atoms with Crippen molar-refractivity contribution >= 4 is 7.56 Å². The highest BCUT2D eigenvalue weighted by atomic mass is 31.2. The molecular weight excluding hydrogens is 99.0 g/mol. The lowest BCUT2D eigenvalue weighted by molar-refractivity contribution is 0.249. The van der Waals surface area contributed by atoms with Crippen LogP contribution in [0.1, 0.15) is 0 Å². The van der Waals surface area contributed by atoms with Crippen molar-refractivity contribution < 1.29 is 5.21 Å². The number of rotatable bonds is 1. The van der Waals surface area contributed by atoms with Crippen molar-refractivity contribution in [2.75, 3.05) is 13.3 Å². The average Bonchev–Trinajstić information content (AvgIpc) is 1.35. The van der Waals surface area contributed by atoms with E-state index >= 15 is 0 Å². The molecule has 4 N–H and O–H groups in total. The van der Waals surface area contributed by atoms with Crippen LogP contribution >= 0.6 is 7.56 Å². The van der Waals surface area contributed by atoms with Crippen LogP contribution in [0, 0.1) is 0 Å². The van der Waals surface area contributed by atoms with Gasteiger partial charge in [0.25, 0.3) is 0 Å². The zero-order valence-corrected chi connectivity index (χ0v) is 4.87. The van der Waals surface area contributed by atoms with Gasteiger partial charge in [-0.15, -0.1) is 0 Å². The van der Waals surface area contributed by atoms with E-state index in [0.29, 0.717) is 0 Å². The summed E-state index contributed by atoms with van der Waals surface area (Å²) in [7, 11) is -1.59. The SMILES string of the molecule is C[P+](C)(N)NO. The highest BCUT2D eigenvalue weighted by Crippen LogP contribution is 2.33. The van der Waals surface area contributed by atoms with Gasteiger partial charge in [0.2, 0.25) is 0 Å². The molecule has 0 unspecified atom stereocenters. The van der Waals surface area contributed by atoms with Crippen molar-refractivity contribution in [3.05, 3.63) is 0 Å². The Bertz CT molecular complexity index is 41.3. The Morgan fingerprint density at radius 1 is 1.67 bits per heavy atom. The first-order valence-electron chi connectivity index (χ1n) is 1.60. The lowest BCUT2D eigenvalue weighted by Gasteiger charge is -2.03. The Morgan fingerprint density at radius 3 is 1.83 bits per heavy atom. The molecule has 0 aromatic heterocycles. The summed E-state index contributed by atoms with van der Waals surface area (Å²) in [6, 6.07) is 0. The van der Waals surface area contributed by atoms with E-state index in [9.17, 15) is 0 Å². The molecule has 0 aliphatic heterocycles. The lowest BCUT2D eigenvalue weighted by atomic mass is 11.9. The summed E-state index contributed by atoms with van der Waals surface area (Å²) in [6.45, 7) is 3.54. The molecule has 0 amide bonds. The molecule has 0 atom stereocenters. The van der Waals surface area contributed by atoms with E-state index in [0.717, 1.165) is 0 Å². The molecule has 6 heavy (non-hydrogen) atoms. The van der Waals surface area contributed by atoms with Crippen LogP contribution in [0.25, 0.3) is 0 Å². The lowest BCUT2D eigenvalue weighted by Crippen LogP contribution is -2.15. The molecule has 0 fully saturated rings. The van der Waals surface area contributed by atoms with Crippen molar-refractivity contribution in [2.45, 2.75) is 0 Å². The minimum absolute atomic E-state index is 1.59. The van der Waals surface area contributed by atoms with E-state index in [-0.39, 0.29) is 0 Å². The van der Waals surface area contributed by atoms with E-state index in [1.807, 2.05) is 5.25 Å². The second kappa shape index (κ2) is 1.85. The molecule has 38 valence electrons. The maximum absolute atomic E-state index is 8.08. The number of hydrogen-bond acceptors (Lipinski definition) is 3. The van der Waals surface area contributed by atoms with Crippen molar-refractivity contribution in [3.63, 3.8) is 0 Å². The molecule has 0 aromatic rings. The van der Waals surface area contributed by atoms with Gasteiger partial charge in [-0.1, -0.05) is 5.25 Å². The molecule has 0 aliphatic carbocycles. The molecular formula is C2H10N2OP+. The number of hydrogen-bond donors (Lipinski definition) is 3. The molecule has 0 saturated carbocycles. The molecule has 0 aliphatic rings. The largest absolute Gasteiger partial charge is 0.283 e. The first-order chi connectivity index (χ1) is 2.56. The first-order valence-corrected chi connectivity index (χ1v) is 4.35. The first kappa shape index (κ1) is 6.31. The molecule has 0 radical (unpaired) electrons. The van der Waals surface area contributed by atoms with Gasteiger partial charge in [-0.25, -0.2) is 0 Å². The predicted octanol–water partition coefficient (Wildman–Crippen LogP) is 0.0311. The third-order valence-electron chi connectivity index (χ3n) is 0.258. The summed E-state index contributed by atoms with van der Waals surface area (Å²) in [5, 5.41) is 10.1. The summed E-state index contributed by atoms with van der Waals surface area (Å²) in [5.74, 6) is 0. The molecule has 0 rings (SSSR count). The van der Waals surface area contributed by atoms with Gasteiger partial charge in [-0.05, 0) is 0 Å². The molecule has 0 aromatic carbocycles. The Morgan fingerprint density at radius 2 is 1.83 bits per heavy atom. The Kier molecular flexibility index (Phi) is 1.94. The van der Waals surface area contributed by atoms with Crippen molar-refractivity contribution in [1.29, 1.82) is 0 Å². The van der Waals surface area contributed by atoms with Crippen LogP contribution in [0.5, 0.6) is 0 Å². The Balaban J connectivity index is 3.17. The van der Waals surface area contributed by atoms with E-state index in [1.54, 1.807) is 13.3 Å². The number of nitrogens with two attached hydrogens (primary N) is 1. The predicted molar refractivity (Wildman–Crippen MR) is 27.9 cm³/mol. The second-order valence-electron chi connectivity index (χ2n) is 1.64. The fraction of sp³-hybridized carbons (Fsp3) is 1.00. The van der Waals surface area contributed by atoms with Crippen LogP contribution in [0.4, 0.5) is 0 Å². The van der Waals surface area contributed by atoms with Gasteiger partial charge in [0.15, 0.2) is 7.56 Å². The molecule has 0 heterocycles. The normalized spacial score (nSPS) is 12.0. The molecule has 0 saturated heterocycles. The monoisotopic (exact) mass is 109 g/mol. The summed E-state index contributed by atoms with van der Waals surface area (Å²) < 4.78 is 0. The maximum atomic E-state index is 8.08. The van der Waals surface area contributed by atoms with E-state index in [2.05, 4.69) is 0 Å². The van der Waals surface area contributed by atoms with Crippen molar-refractivity contribution in [1.82, 2.24) is 5.25 Å². The smallest absolute Gasteiger partial charge is 0.166 e. The minimum atomic E-state index is -1.59. The molecule has 3 nitrogen and oxygen atoms in total.